The number of halogens is 1. The number of benzene rings is 2. The lowest BCUT2D eigenvalue weighted by atomic mass is 10.2. The summed E-state index contributed by atoms with van der Waals surface area (Å²) < 4.78 is 8.64. The first-order valence-corrected chi connectivity index (χ1v) is 13.3. The van der Waals surface area contributed by atoms with Gasteiger partial charge in [-0.2, -0.15) is 0 Å². The van der Waals surface area contributed by atoms with Crippen LogP contribution in [-0.2, 0) is 11.8 Å². The highest BCUT2D eigenvalue weighted by molar-refractivity contribution is 9.10. The highest BCUT2D eigenvalue weighted by atomic mass is 79.9. The second-order valence-corrected chi connectivity index (χ2v) is 10.7. The van der Waals surface area contributed by atoms with Gasteiger partial charge in [0.2, 0.25) is 5.91 Å². The maximum atomic E-state index is 12.5. The number of carbonyl (C=O) groups excluding carboxylic acids is 1. The van der Waals surface area contributed by atoms with Crippen LogP contribution >= 0.6 is 39.0 Å². The molecule has 0 fully saturated rings. The second kappa shape index (κ2) is 11.2. The minimum absolute atomic E-state index is 0.141. The van der Waals surface area contributed by atoms with Crippen molar-refractivity contribution >= 4 is 50.1 Å². The molecule has 0 aliphatic rings. The number of amides is 1. The zero-order chi connectivity index (χ0) is 24.1. The van der Waals surface area contributed by atoms with Gasteiger partial charge in [0.05, 0.1) is 18.1 Å². The summed E-state index contributed by atoms with van der Waals surface area (Å²) in [6, 6.07) is 15.7. The summed E-state index contributed by atoms with van der Waals surface area (Å²) in [6.07, 6.45) is 0. The summed E-state index contributed by atoms with van der Waals surface area (Å²) in [4.78, 5) is 17.0. The van der Waals surface area contributed by atoms with Crippen LogP contribution in [0, 0.1) is 5.92 Å². The summed E-state index contributed by atoms with van der Waals surface area (Å²) in [7, 11) is 1.89. The molecule has 0 radical (unpaired) electrons. The van der Waals surface area contributed by atoms with Crippen LogP contribution in [0.15, 0.2) is 63.5 Å². The number of hydrogen-bond donors (Lipinski definition) is 1. The van der Waals surface area contributed by atoms with Gasteiger partial charge in [0.1, 0.15) is 5.75 Å². The maximum absolute atomic E-state index is 12.5. The zero-order valence-corrected chi connectivity index (χ0v) is 22.2. The Bertz CT molecular complexity index is 1250. The molecule has 0 bridgehead atoms. The van der Waals surface area contributed by atoms with E-state index in [4.69, 9.17) is 4.74 Å². The van der Waals surface area contributed by atoms with Crippen molar-refractivity contribution in [2.45, 2.75) is 19.0 Å². The lowest BCUT2D eigenvalue weighted by Crippen LogP contribution is -2.14. The molecule has 7 nitrogen and oxygen atoms in total. The van der Waals surface area contributed by atoms with Crippen LogP contribution in [0.3, 0.4) is 0 Å². The Kier molecular flexibility index (Phi) is 8.02. The Morgan fingerprint density at radius 1 is 1.12 bits per heavy atom. The van der Waals surface area contributed by atoms with Crippen LogP contribution in [0.4, 0.5) is 5.13 Å². The Morgan fingerprint density at radius 3 is 2.53 bits per heavy atom. The lowest BCUT2D eigenvalue weighted by molar-refractivity contribution is -0.113. The highest BCUT2D eigenvalue weighted by Gasteiger charge is 2.14. The molecule has 1 N–H and O–H groups in total. The third kappa shape index (κ3) is 6.25. The molecule has 0 unspecified atom stereocenters. The van der Waals surface area contributed by atoms with Crippen LogP contribution in [0.25, 0.3) is 22.6 Å². The van der Waals surface area contributed by atoms with E-state index in [9.17, 15) is 4.79 Å². The summed E-state index contributed by atoms with van der Waals surface area (Å²) in [5, 5.41) is 14.6. The smallest absolute Gasteiger partial charge is 0.236 e. The van der Waals surface area contributed by atoms with E-state index in [-0.39, 0.29) is 11.7 Å². The van der Waals surface area contributed by atoms with E-state index in [0.717, 1.165) is 32.9 Å². The molecule has 2 heterocycles. The molecule has 0 atom stereocenters. The number of ether oxygens (including phenoxy) is 1. The monoisotopic (exact) mass is 557 g/mol. The van der Waals surface area contributed by atoms with E-state index < -0.39 is 0 Å². The van der Waals surface area contributed by atoms with Crippen LogP contribution in [0.5, 0.6) is 5.75 Å². The van der Waals surface area contributed by atoms with E-state index in [1.807, 2.05) is 65.5 Å². The Morgan fingerprint density at radius 2 is 1.82 bits per heavy atom. The van der Waals surface area contributed by atoms with E-state index in [1.165, 1.54) is 23.1 Å². The van der Waals surface area contributed by atoms with Gasteiger partial charge >= 0.3 is 0 Å². The third-order valence-corrected chi connectivity index (χ3v) is 7.06. The topological polar surface area (TPSA) is 81.9 Å². The molecule has 2 aromatic heterocycles. The van der Waals surface area contributed by atoms with Gasteiger partial charge in [0, 0.05) is 28.0 Å². The molecule has 0 saturated carbocycles. The van der Waals surface area contributed by atoms with Gasteiger partial charge in [-0.25, -0.2) is 4.98 Å². The normalized spacial score (nSPS) is 11.1. The van der Waals surface area contributed by atoms with Crippen molar-refractivity contribution in [3.8, 4) is 28.4 Å². The van der Waals surface area contributed by atoms with Crippen molar-refractivity contribution in [1.29, 1.82) is 0 Å². The summed E-state index contributed by atoms with van der Waals surface area (Å²) in [5.41, 5.74) is 2.77. The van der Waals surface area contributed by atoms with Gasteiger partial charge in [0.25, 0.3) is 0 Å². The summed E-state index contributed by atoms with van der Waals surface area (Å²) >= 11 is 6.17. The fourth-order valence-electron chi connectivity index (χ4n) is 3.02. The predicted octanol–water partition coefficient (Wildman–Crippen LogP) is 6.13. The van der Waals surface area contributed by atoms with E-state index >= 15 is 0 Å². The molecular formula is C24H24BrN5O2S2. The first-order valence-electron chi connectivity index (χ1n) is 10.7. The standard InChI is InChI=1S/C24H24BrN5O2S2/c1-15(2)12-32-19-10-6-17(7-11-19)22-28-29-24(30(22)3)34-14-21(31)27-23-26-20(13-33-23)16-4-8-18(25)9-5-16/h4-11,13,15H,12,14H2,1-3H3,(H,26,27,31). The van der Waals surface area contributed by atoms with Crippen molar-refractivity contribution in [3.63, 3.8) is 0 Å². The van der Waals surface area contributed by atoms with Crippen LogP contribution in [0.1, 0.15) is 13.8 Å². The quantitative estimate of drug-likeness (QED) is 0.249. The third-order valence-electron chi connectivity index (χ3n) is 4.75. The highest BCUT2D eigenvalue weighted by Crippen LogP contribution is 2.27. The molecule has 10 heteroatoms. The second-order valence-electron chi connectivity index (χ2n) is 7.98. The first kappa shape index (κ1) is 24.4. The van der Waals surface area contributed by atoms with Crippen LogP contribution < -0.4 is 10.1 Å². The number of anilines is 1. The van der Waals surface area contributed by atoms with Gasteiger partial charge < -0.3 is 14.6 Å². The number of aromatic nitrogens is 4. The first-order chi connectivity index (χ1) is 16.4. The van der Waals surface area contributed by atoms with E-state index in [0.29, 0.717) is 22.8 Å². The molecule has 2 aromatic carbocycles. The van der Waals surface area contributed by atoms with E-state index in [1.54, 1.807) is 0 Å². The zero-order valence-electron chi connectivity index (χ0n) is 19.0. The molecule has 176 valence electrons. The SMILES string of the molecule is CC(C)COc1ccc(-c2nnc(SCC(=O)Nc3nc(-c4ccc(Br)cc4)cs3)n2C)cc1. The van der Waals surface area contributed by atoms with Crippen LogP contribution in [0.2, 0.25) is 0 Å². The molecule has 1 amide bonds. The van der Waals surface area contributed by atoms with Crippen molar-refractivity contribution in [2.75, 3.05) is 17.7 Å². The molecule has 0 aliphatic carbocycles. The lowest BCUT2D eigenvalue weighted by Gasteiger charge is -2.09. The maximum Gasteiger partial charge on any atom is 0.236 e. The number of hydrogen-bond acceptors (Lipinski definition) is 7. The minimum Gasteiger partial charge on any atom is -0.493 e. The largest absolute Gasteiger partial charge is 0.493 e. The Balaban J connectivity index is 1.33. The summed E-state index contributed by atoms with van der Waals surface area (Å²) in [5.74, 6) is 2.10. The fraction of sp³-hybridized carbons (Fsp3) is 0.250. The Hall–Kier alpha value is -2.69. The average molecular weight is 559 g/mol. The number of thioether (sulfide) groups is 1. The van der Waals surface area contributed by atoms with Gasteiger partial charge in [0.15, 0.2) is 16.1 Å². The van der Waals surface area contributed by atoms with Gasteiger partial charge in [-0.3, -0.25) is 4.79 Å². The molecule has 0 aliphatic heterocycles. The number of rotatable bonds is 9. The molecule has 0 spiro atoms. The molecular weight excluding hydrogens is 534 g/mol. The predicted molar refractivity (Wildman–Crippen MR) is 141 cm³/mol. The van der Waals surface area contributed by atoms with Crippen molar-refractivity contribution in [3.05, 3.63) is 58.4 Å². The van der Waals surface area contributed by atoms with Crippen LogP contribution in [-0.4, -0.2) is 38.0 Å². The van der Waals surface area contributed by atoms with Crippen molar-refractivity contribution < 1.29 is 9.53 Å². The number of nitrogens with zero attached hydrogens (tertiary/aromatic N) is 4. The number of thiazole rings is 1. The number of nitrogens with one attached hydrogen (secondary N) is 1. The molecule has 4 aromatic rings. The molecule has 0 saturated heterocycles. The van der Waals surface area contributed by atoms with Gasteiger partial charge in [-0.05, 0) is 42.3 Å². The van der Waals surface area contributed by atoms with Crippen molar-refractivity contribution in [2.24, 2.45) is 13.0 Å². The minimum atomic E-state index is -0.141. The molecule has 4 rings (SSSR count). The Labute approximate surface area is 215 Å². The van der Waals surface area contributed by atoms with Gasteiger partial charge in [-0.1, -0.05) is 53.7 Å². The molecule has 34 heavy (non-hydrogen) atoms. The number of carbonyl (C=O) groups is 1. The summed E-state index contributed by atoms with van der Waals surface area (Å²) in [6.45, 7) is 4.91. The van der Waals surface area contributed by atoms with Crippen molar-refractivity contribution in [1.82, 2.24) is 19.7 Å². The fourth-order valence-corrected chi connectivity index (χ4v) is 4.74. The van der Waals surface area contributed by atoms with Gasteiger partial charge in [-0.15, -0.1) is 21.5 Å². The average Bonchev–Trinajstić information content (AvgIpc) is 3.43. The van der Waals surface area contributed by atoms with E-state index in [2.05, 4.69) is 50.3 Å².